The number of sulfonamides is 1. The van der Waals surface area contributed by atoms with Crippen LogP contribution in [0.2, 0.25) is 0 Å². The van der Waals surface area contributed by atoms with E-state index in [1.54, 1.807) is 18.2 Å². The minimum atomic E-state index is -3.45. The molecule has 1 aliphatic carbocycles. The summed E-state index contributed by atoms with van der Waals surface area (Å²) in [7, 11) is -3.45. The van der Waals surface area contributed by atoms with Crippen molar-refractivity contribution in [3.63, 3.8) is 0 Å². The molecule has 0 atom stereocenters. The van der Waals surface area contributed by atoms with Crippen LogP contribution in [0, 0.1) is 5.92 Å². The van der Waals surface area contributed by atoms with E-state index in [1.165, 1.54) is 12.8 Å². The smallest absolute Gasteiger partial charge is 0.242 e. The molecule has 0 bridgehead atoms. The lowest BCUT2D eigenvalue weighted by molar-refractivity contribution is 0.134. The molecule has 0 aliphatic heterocycles. The van der Waals surface area contributed by atoms with Gasteiger partial charge in [0.1, 0.15) is 4.90 Å². The Morgan fingerprint density at radius 2 is 2.00 bits per heavy atom. The first-order valence-corrected chi connectivity index (χ1v) is 9.02. The van der Waals surface area contributed by atoms with Gasteiger partial charge in [0.05, 0.1) is 12.3 Å². The average molecular weight is 312 g/mol. The number of hydrogen-bond acceptors (Lipinski definition) is 4. The van der Waals surface area contributed by atoms with Crippen molar-refractivity contribution in [1.29, 1.82) is 0 Å². The molecule has 6 heteroatoms. The van der Waals surface area contributed by atoms with Gasteiger partial charge in [-0.05, 0) is 37.3 Å². The Labute approximate surface area is 127 Å². The van der Waals surface area contributed by atoms with E-state index in [2.05, 4.69) is 10.0 Å². The number of nitrogens with one attached hydrogen (secondary N) is 2. The number of benzene rings is 1. The Hall–Kier alpha value is -1.11. The van der Waals surface area contributed by atoms with Crippen molar-refractivity contribution in [2.45, 2.75) is 31.1 Å². The minimum Gasteiger partial charge on any atom is -0.382 e. The third-order valence-corrected chi connectivity index (χ3v) is 4.85. The summed E-state index contributed by atoms with van der Waals surface area (Å²) >= 11 is 0. The molecular formula is C15H24N2O3S. The molecule has 0 aromatic heterocycles. The molecule has 1 aromatic carbocycles. The molecule has 5 nitrogen and oxygen atoms in total. The molecule has 0 amide bonds. The molecule has 118 valence electrons. The first-order chi connectivity index (χ1) is 10.1. The molecule has 1 aromatic rings. The molecule has 0 spiro atoms. The summed E-state index contributed by atoms with van der Waals surface area (Å²) in [6.07, 6.45) is 3.32. The topological polar surface area (TPSA) is 67.4 Å². The third-order valence-electron chi connectivity index (χ3n) is 3.33. The lowest BCUT2D eigenvalue weighted by Crippen LogP contribution is -2.25. The van der Waals surface area contributed by atoms with Gasteiger partial charge in [0.15, 0.2) is 0 Å². The van der Waals surface area contributed by atoms with E-state index in [-0.39, 0.29) is 0 Å². The molecule has 1 saturated carbocycles. The molecule has 1 fully saturated rings. The normalized spacial score (nSPS) is 15.1. The lowest BCUT2D eigenvalue weighted by Gasteiger charge is -2.13. The molecule has 0 heterocycles. The molecular weight excluding hydrogens is 288 g/mol. The van der Waals surface area contributed by atoms with E-state index in [4.69, 9.17) is 4.74 Å². The van der Waals surface area contributed by atoms with E-state index >= 15 is 0 Å². The maximum atomic E-state index is 12.2. The highest BCUT2D eigenvalue weighted by Gasteiger charge is 2.21. The second kappa shape index (κ2) is 7.77. The Kier molecular flexibility index (Phi) is 6.02. The van der Waals surface area contributed by atoms with Crippen molar-refractivity contribution < 1.29 is 13.2 Å². The van der Waals surface area contributed by atoms with Crippen molar-refractivity contribution in [2.24, 2.45) is 5.92 Å². The fourth-order valence-corrected chi connectivity index (χ4v) is 3.27. The summed E-state index contributed by atoms with van der Waals surface area (Å²) in [4.78, 5) is 0.292. The highest BCUT2D eigenvalue weighted by Crippen LogP contribution is 2.28. The number of ether oxygens (including phenoxy) is 1. The van der Waals surface area contributed by atoms with E-state index in [0.29, 0.717) is 30.3 Å². The quantitative estimate of drug-likeness (QED) is 0.650. The SMILES string of the molecule is CCCNS(=O)(=O)c1ccccc1NCCOCC1CC1. The van der Waals surface area contributed by atoms with E-state index < -0.39 is 10.0 Å². The molecule has 0 radical (unpaired) electrons. The lowest BCUT2D eigenvalue weighted by atomic mass is 10.3. The first kappa shape index (κ1) is 16.3. The van der Waals surface area contributed by atoms with E-state index in [9.17, 15) is 8.42 Å². The van der Waals surface area contributed by atoms with Crippen molar-refractivity contribution in [3.8, 4) is 0 Å². The van der Waals surface area contributed by atoms with Crippen LogP contribution in [0.1, 0.15) is 26.2 Å². The van der Waals surface area contributed by atoms with Crippen LogP contribution < -0.4 is 10.0 Å². The highest BCUT2D eigenvalue weighted by atomic mass is 32.2. The van der Waals surface area contributed by atoms with Crippen molar-refractivity contribution in [1.82, 2.24) is 4.72 Å². The van der Waals surface area contributed by atoms with Gasteiger partial charge in [0, 0.05) is 19.7 Å². The van der Waals surface area contributed by atoms with Crippen LogP contribution in [0.25, 0.3) is 0 Å². The van der Waals surface area contributed by atoms with Crippen molar-refractivity contribution in [3.05, 3.63) is 24.3 Å². The Morgan fingerprint density at radius 1 is 1.24 bits per heavy atom. The van der Waals surface area contributed by atoms with Gasteiger partial charge in [-0.25, -0.2) is 13.1 Å². The van der Waals surface area contributed by atoms with E-state index in [1.807, 2.05) is 13.0 Å². The van der Waals surface area contributed by atoms with Gasteiger partial charge in [0.2, 0.25) is 10.0 Å². The van der Waals surface area contributed by atoms with Gasteiger partial charge in [-0.3, -0.25) is 0 Å². The van der Waals surface area contributed by atoms with Crippen molar-refractivity contribution >= 4 is 15.7 Å². The molecule has 0 saturated heterocycles. The maximum absolute atomic E-state index is 12.2. The number of rotatable bonds is 10. The van der Waals surface area contributed by atoms with Gasteiger partial charge in [0.25, 0.3) is 0 Å². The zero-order chi connectivity index (χ0) is 15.1. The fourth-order valence-electron chi connectivity index (χ4n) is 1.95. The zero-order valence-corrected chi connectivity index (χ0v) is 13.3. The van der Waals surface area contributed by atoms with Gasteiger partial charge in [-0.1, -0.05) is 19.1 Å². The van der Waals surface area contributed by atoms with Crippen LogP contribution in [-0.4, -0.2) is 34.7 Å². The summed E-state index contributed by atoms with van der Waals surface area (Å²) in [5.74, 6) is 0.746. The molecule has 0 unspecified atom stereocenters. The van der Waals surface area contributed by atoms with Gasteiger partial charge < -0.3 is 10.1 Å². The van der Waals surface area contributed by atoms with Gasteiger partial charge in [-0.2, -0.15) is 0 Å². The predicted octanol–water partition coefficient (Wildman–Crippen LogP) is 2.21. The van der Waals surface area contributed by atoms with Crippen molar-refractivity contribution in [2.75, 3.05) is 31.6 Å². The van der Waals surface area contributed by atoms with E-state index in [0.717, 1.165) is 18.9 Å². The van der Waals surface area contributed by atoms with Crippen LogP contribution in [0.3, 0.4) is 0 Å². The summed E-state index contributed by atoms with van der Waals surface area (Å²) in [5.41, 5.74) is 0.621. The molecule has 2 rings (SSSR count). The van der Waals surface area contributed by atoms with Crippen LogP contribution in [0.5, 0.6) is 0 Å². The van der Waals surface area contributed by atoms with Crippen LogP contribution in [0.15, 0.2) is 29.2 Å². The highest BCUT2D eigenvalue weighted by molar-refractivity contribution is 7.89. The zero-order valence-electron chi connectivity index (χ0n) is 12.5. The molecule has 2 N–H and O–H groups in total. The second-order valence-electron chi connectivity index (χ2n) is 5.34. The predicted molar refractivity (Wildman–Crippen MR) is 84.0 cm³/mol. The minimum absolute atomic E-state index is 0.292. The Morgan fingerprint density at radius 3 is 2.71 bits per heavy atom. The first-order valence-electron chi connectivity index (χ1n) is 7.54. The fraction of sp³-hybridized carbons (Fsp3) is 0.600. The summed E-state index contributed by atoms with van der Waals surface area (Å²) < 4.78 is 32.6. The van der Waals surface area contributed by atoms with Crippen LogP contribution >= 0.6 is 0 Å². The number of para-hydroxylation sites is 1. The number of anilines is 1. The van der Waals surface area contributed by atoms with Crippen LogP contribution in [-0.2, 0) is 14.8 Å². The third kappa shape index (κ3) is 5.30. The Balaban J connectivity index is 1.89. The summed E-state index contributed by atoms with van der Waals surface area (Å²) in [6, 6.07) is 6.95. The number of hydrogen-bond donors (Lipinski definition) is 2. The Bertz CT molecular complexity index is 542. The second-order valence-corrected chi connectivity index (χ2v) is 7.07. The van der Waals surface area contributed by atoms with Gasteiger partial charge in [-0.15, -0.1) is 0 Å². The summed E-state index contributed by atoms with van der Waals surface area (Å²) in [6.45, 7) is 4.39. The molecule has 1 aliphatic rings. The monoisotopic (exact) mass is 312 g/mol. The molecule has 21 heavy (non-hydrogen) atoms. The largest absolute Gasteiger partial charge is 0.382 e. The maximum Gasteiger partial charge on any atom is 0.242 e. The average Bonchev–Trinajstić information content (AvgIpc) is 3.29. The standard InChI is InChI=1S/C15H24N2O3S/c1-2-9-17-21(18,19)15-6-4-3-5-14(15)16-10-11-20-12-13-7-8-13/h3-6,13,16-17H,2,7-12H2,1H3. The van der Waals surface area contributed by atoms with Gasteiger partial charge >= 0.3 is 0 Å². The summed E-state index contributed by atoms with van der Waals surface area (Å²) in [5, 5.41) is 3.15. The van der Waals surface area contributed by atoms with Crippen LogP contribution in [0.4, 0.5) is 5.69 Å².